The van der Waals surface area contributed by atoms with Crippen molar-refractivity contribution in [2.45, 2.75) is 18.8 Å². The van der Waals surface area contributed by atoms with Gasteiger partial charge >= 0.3 is 5.92 Å². The van der Waals surface area contributed by atoms with E-state index in [1.807, 2.05) is 5.32 Å². The zero-order valence-electron chi connectivity index (χ0n) is 16.8. The monoisotopic (exact) mass is 479 g/mol. The van der Waals surface area contributed by atoms with Crippen LogP contribution in [0.5, 0.6) is 0 Å². The number of anilines is 1. The number of nitrogens with one attached hydrogen (secondary N) is 2. The molecule has 0 saturated carbocycles. The highest BCUT2D eigenvalue weighted by Gasteiger charge is 2.33. The summed E-state index contributed by atoms with van der Waals surface area (Å²) in [6.07, 6.45) is 1.55. The zero-order chi connectivity index (χ0) is 23.1. The molecule has 0 aliphatic heterocycles. The number of nitrogens with zero attached hydrogens (tertiary/aromatic N) is 5. The Bertz CT molecular complexity index is 1190. The molecule has 0 saturated heterocycles. The fourth-order valence-corrected chi connectivity index (χ4v) is 2.65. The average molecular weight is 480 g/mol. The van der Waals surface area contributed by atoms with Gasteiger partial charge in [-0.15, -0.1) is 12.4 Å². The molecule has 13 heteroatoms. The number of aromatic nitrogens is 4. The van der Waals surface area contributed by atoms with E-state index in [0.717, 1.165) is 12.3 Å². The van der Waals surface area contributed by atoms with Crippen molar-refractivity contribution in [1.82, 2.24) is 24.8 Å². The Morgan fingerprint density at radius 3 is 2.45 bits per heavy atom. The molecule has 1 amide bonds. The lowest BCUT2D eigenvalue weighted by atomic mass is 10.2. The summed E-state index contributed by atoms with van der Waals surface area (Å²) < 4.78 is 43.5. The quantitative estimate of drug-likeness (QED) is 0.475. The van der Waals surface area contributed by atoms with Gasteiger partial charge in [-0.3, -0.25) is 24.1 Å². The van der Waals surface area contributed by atoms with E-state index in [1.54, 1.807) is 12.1 Å². The largest absolute Gasteiger partial charge is 0.359 e. The third-order valence-corrected chi connectivity index (χ3v) is 4.22. The van der Waals surface area contributed by atoms with Gasteiger partial charge in [0.05, 0.1) is 18.4 Å². The SMILES string of the molecule is Cl.N#Cc1cnc(NCC(F)(F)c2ccccn2)c(=O)n1CC(=O)NC(F)c1ccccn1. The molecular formula is C20H17ClF3N7O2. The van der Waals surface area contributed by atoms with Gasteiger partial charge in [0.15, 0.2) is 5.82 Å². The van der Waals surface area contributed by atoms with Gasteiger partial charge in [0.25, 0.3) is 5.56 Å². The highest BCUT2D eigenvalue weighted by molar-refractivity contribution is 5.85. The summed E-state index contributed by atoms with van der Waals surface area (Å²) in [4.78, 5) is 35.9. The summed E-state index contributed by atoms with van der Waals surface area (Å²) in [5.74, 6) is -4.86. The first-order valence-electron chi connectivity index (χ1n) is 9.19. The van der Waals surface area contributed by atoms with Crippen molar-refractivity contribution < 1.29 is 18.0 Å². The van der Waals surface area contributed by atoms with Crippen molar-refractivity contribution in [1.29, 1.82) is 5.26 Å². The smallest absolute Gasteiger partial charge is 0.306 e. The zero-order valence-corrected chi connectivity index (χ0v) is 17.6. The Hall–Kier alpha value is -3.98. The van der Waals surface area contributed by atoms with Gasteiger partial charge in [-0.25, -0.2) is 9.37 Å². The number of hydrogen-bond donors (Lipinski definition) is 2. The summed E-state index contributed by atoms with van der Waals surface area (Å²) >= 11 is 0. The van der Waals surface area contributed by atoms with Crippen molar-refractivity contribution in [2.24, 2.45) is 0 Å². The summed E-state index contributed by atoms with van der Waals surface area (Å²) in [5, 5.41) is 13.4. The number of carbonyl (C=O) groups is 1. The van der Waals surface area contributed by atoms with E-state index >= 15 is 0 Å². The normalized spacial score (nSPS) is 11.6. The first-order valence-corrected chi connectivity index (χ1v) is 9.19. The molecule has 2 N–H and O–H groups in total. The predicted molar refractivity (Wildman–Crippen MR) is 113 cm³/mol. The number of carbonyl (C=O) groups excluding carboxylic acids is 1. The molecule has 3 rings (SSSR count). The van der Waals surface area contributed by atoms with Gasteiger partial charge < -0.3 is 10.6 Å². The van der Waals surface area contributed by atoms with Crippen molar-refractivity contribution in [3.05, 3.63) is 82.4 Å². The van der Waals surface area contributed by atoms with Crippen molar-refractivity contribution in [2.75, 3.05) is 11.9 Å². The number of pyridine rings is 2. The second kappa shape index (κ2) is 11.1. The van der Waals surface area contributed by atoms with Crippen LogP contribution in [0.15, 0.2) is 59.8 Å². The van der Waals surface area contributed by atoms with Crippen LogP contribution < -0.4 is 16.2 Å². The fraction of sp³-hybridized carbons (Fsp3) is 0.200. The molecule has 0 fully saturated rings. The van der Waals surface area contributed by atoms with Gasteiger partial charge in [-0.05, 0) is 24.3 Å². The molecule has 33 heavy (non-hydrogen) atoms. The third kappa shape index (κ3) is 6.27. The van der Waals surface area contributed by atoms with Crippen LogP contribution in [0.1, 0.15) is 23.4 Å². The second-order valence-electron chi connectivity index (χ2n) is 6.45. The van der Waals surface area contributed by atoms with Crippen LogP contribution in [-0.4, -0.2) is 32.0 Å². The lowest BCUT2D eigenvalue weighted by Gasteiger charge is -2.17. The van der Waals surface area contributed by atoms with E-state index in [9.17, 15) is 28.0 Å². The Morgan fingerprint density at radius 2 is 1.85 bits per heavy atom. The van der Waals surface area contributed by atoms with Gasteiger partial charge in [0, 0.05) is 12.4 Å². The van der Waals surface area contributed by atoms with Gasteiger partial charge in [-0.1, -0.05) is 12.1 Å². The molecule has 9 nitrogen and oxygen atoms in total. The molecule has 0 spiro atoms. The summed E-state index contributed by atoms with van der Waals surface area (Å²) in [7, 11) is 0. The van der Waals surface area contributed by atoms with Crippen molar-refractivity contribution in [3.63, 3.8) is 0 Å². The molecule has 1 unspecified atom stereocenters. The highest BCUT2D eigenvalue weighted by Crippen LogP contribution is 2.25. The maximum absolute atomic E-state index is 14.3. The highest BCUT2D eigenvalue weighted by atomic mass is 35.5. The minimum atomic E-state index is -3.42. The molecular weight excluding hydrogens is 463 g/mol. The van der Waals surface area contributed by atoms with Gasteiger partial charge in [0.2, 0.25) is 12.2 Å². The summed E-state index contributed by atoms with van der Waals surface area (Å²) in [5.41, 5.74) is -1.86. The molecule has 3 aromatic rings. The number of hydrogen-bond acceptors (Lipinski definition) is 7. The molecule has 3 heterocycles. The number of halogens is 4. The van der Waals surface area contributed by atoms with E-state index in [-0.39, 0.29) is 23.8 Å². The topological polar surface area (TPSA) is 126 Å². The van der Waals surface area contributed by atoms with Crippen LogP contribution in [0, 0.1) is 11.3 Å². The number of alkyl halides is 3. The maximum atomic E-state index is 14.3. The van der Waals surface area contributed by atoms with Crippen LogP contribution in [0.4, 0.5) is 19.0 Å². The summed E-state index contributed by atoms with van der Waals surface area (Å²) in [6.45, 7) is -1.74. The fourth-order valence-electron chi connectivity index (χ4n) is 2.65. The Labute approximate surface area is 191 Å². The standard InChI is InChI=1S/C20H16F3N7O2.ClH/c21-17(14-5-1-3-7-25-14)29-16(31)11-30-13(9-24)10-27-18(19(30)32)28-12-20(22,23)15-6-2-4-8-26-15;/h1-8,10,17H,11-12H2,(H,27,28)(H,29,31);1H. The first kappa shape index (κ1) is 25.3. The van der Waals surface area contributed by atoms with Crippen LogP contribution in [-0.2, 0) is 17.3 Å². The summed E-state index contributed by atoms with van der Waals surface area (Å²) in [6, 6.07) is 10.1. The molecule has 0 aliphatic carbocycles. The van der Waals surface area contributed by atoms with Gasteiger partial charge in [-0.2, -0.15) is 14.0 Å². The average Bonchev–Trinajstić information content (AvgIpc) is 2.80. The molecule has 0 bridgehead atoms. The Balaban J connectivity index is 0.00000385. The minimum Gasteiger partial charge on any atom is -0.359 e. The Morgan fingerprint density at radius 1 is 1.15 bits per heavy atom. The number of amides is 1. The molecule has 172 valence electrons. The van der Waals surface area contributed by atoms with E-state index in [2.05, 4.69) is 20.3 Å². The lowest BCUT2D eigenvalue weighted by Crippen LogP contribution is -2.37. The van der Waals surface area contributed by atoms with E-state index in [4.69, 9.17) is 0 Å². The number of rotatable bonds is 8. The van der Waals surface area contributed by atoms with E-state index in [0.29, 0.717) is 4.57 Å². The second-order valence-corrected chi connectivity index (χ2v) is 6.45. The van der Waals surface area contributed by atoms with Crippen LogP contribution >= 0.6 is 12.4 Å². The maximum Gasteiger partial charge on any atom is 0.306 e. The molecule has 1 atom stereocenters. The Kier molecular flexibility index (Phi) is 8.47. The van der Waals surface area contributed by atoms with Crippen LogP contribution in [0.2, 0.25) is 0 Å². The van der Waals surface area contributed by atoms with Gasteiger partial charge in [0.1, 0.15) is 24.0 Å². The van der Waals surface area contributed by atoms with Crippen molar-refractivity contribution >= 4 is 24.1 Å². The van der Waals surface area contributed by atoms with Crippen LogP contribution in [0.3, 0.4) is 0 Å². The lowest BCUT2D eigenvalue weighted by molar-refractivity contribution is -0.123. The molecule has 0 aromatic carbocycles. The minimum absolute atomic E-state index is 0. The number of nitriles is 1. The first-order chi connectivity index (χ1) is 15.3. The van der Waals surface area contributed by atoms with E-state index in [1.165, 1.54) is 36.7 Å². The predicted octanol–water partition coefficient (Wildman–Crippen LogP) is 2.32. The van der Waals surface area contributed by atoms with Crippen LogP contribution in [0.25, 0.3) is 0 Å². The molecule has 0 radical (unpaired) electrons. The third-order valence-electron chi connectivity index (χ3n) is 4.22. The van der Waals surface area contributed by atoms with E-state index < -0.39 is 48.3 Å². The molecule has 3 aromatic heterocycles. The molecule has 0 aliphatic rings. The van der Waals surface area contributed by atoms with Crippen molar-refractivity contribution in [3.8, 4) is 6.07 Å².